The summed E-state index contributed by atoms with van der Waals surface area (Å²) in [6.45, 7) is 7.68. The molecule has 0 saturated carbocycles. The molecule has 0 aliphatic rings. The van der Waals surface area contributed by atoms with Crippen molar-refractivity contribution in [1.29, 1.82) is 0 Å². The first-order valence-corrected chi connectivity index (χ1v) is 9.91. The Morgan fingerprint density at radius 1 is 0.812 bits per heavy atom. The lowest BCUT2D eigenvalue weighted by atomic mass is 10.3. The van der Waals surface area contributed by atoms with E-state index in [1.165, 1.54) is 26.6 Å². The van der Waals surface area contributed by atoms with E-state index < -0.39 is 11.9 Å². The number of carbonyl (C=O) groups excluding carboxylic acids is 2. The van der Waals surface area contributed by atoms with E-state index in [0.29, 0.717) is 0 Å². The van der Waals surface area contributed by atoms with Gasteiger partial charge in [0.15, 0.2) is 0 Å². The van der Waals surface area contributed by atoms with Crippen molar-refractivity contribution in [3.63, 3.8) is 0 Å². The van der Waals surface area contributed by atoms with Crippen LogP contribution in [0.3, 0.4) is 0 Å². The molecule has 2 aromatic rings. The van der Waals surface area contributed by atoms with Gasteiger partial charge in [-0.25, -0.2) is 19.6 Å². The standard InChI is InChI=1S/2C10H15N3O3/c2*1-4-6(2)16-8-7(9(14)15-3)5-12-10(11)13-8/h2*5-6H,4H2,1-3H3,(H2,11,12,13)/t2*6-/m11/s1. The van der Waals surface area contributed by atoms with E-state index >= 15 is 0 Å². The number of esters is 2. The number of nitrogens with two attached hydrogens (primary N) is 2. The van der Waals surface area contributed by atoms with Gasteiger partial charge in [0.2, 0.25) is 23.7 Å². The van der Waals surface area contributed by atoms with Gasteiger partial charge in [-0.05, 0) is 26.7 Å². The first kappa shape index (κ1) is 26.3. The maximum Gasteiger partial charge on any atom is 0.344 e. The highest BCUT2D eigenvalue weighted by molar-refractivity contribution is 5.92. The van der Waals surface area contributed by atoms with E-state index in [1.807, 2.05) is 27.7 Å². The molecule has 12 heteroatoms. The van der Waals surface area contributed by atoms with Gasteiger partial charge >= 0.3 is 11.9 Å². The SMILES string of the molecule is CC[C@@H](C)Oc1nc(N)ncc1C(=O)OC.CC[C@@H](C)Oc1nc(N)ncc1C(=O)OC. The normalized spacial score (nSPS) is 11.9. The second kappa shape index (κ2) is 12.9. The number of ether oxygens (including phenoxy) is 4. The molecular formula is C20H30N6O6. The minimum atomic E-state index is -0.543. The Labute approximate surface area is 186 Å². The number of hydrogen-bond acceptors (Lipinski definition) is 12. The lowest BCUT2D eigenvalue weighted by Gasteiger charge is -2.13. The van der Waals surface area contributed by atoms with Crippen molar-refractivity contribution in [2.24, 2.45) is 0 Å². The molecule has 12 nitrogen and oxygen atoms in total. The third-order valence-corrected chi connectivity index (χ3v) is 4.13. The molecule has 0 aliphatic heterocycles. The van der Waals surface area contributed by atoms with Gasteiger partial charge in [0.1, 0.15) is 11.1 Å². The summed E-state index contributed by atoms with van der Waals surface area (Å²) < 4.78 is 20.1. The molecule has 0 spiro atoms. The van der Waals surface area contributed by atoms with Crippen LogP contribution in [-0.2, 0) is 9.47 Å². The van der Waals surface area contributed by atoms with E-state index in [1.54, 1.807) is 0 Å². The summed E-state index contributed by atoms with van der Waals surface area (Å²) in [5.74, 6) is -0.643. The molecule has 2 atom stereocenters. The molecule has 2 heterocycles. The van der Waals surface area contributed by atoms with Gasteiger partial charge in [0, 0.05) is 0 Å². The van der Waals surface area contributed by atoms with E-state index in [0.717, 1.165) is 12.8 Å². The summed E-state index contributed by atoms with van der Waals surface area (Å²) >= 11 is 0. The van der Waals surface area contributed by atoms with Crippen molar-refractivity contribution in [3.05, 3.63) is 23.5 Å². The quantitative estimate of drug-likeness (QED) is 0.561. The van der Waals surface area contributed by atoms with E-state index in [-0.39, 0.29) is 47.0 Å². The molecule has 4 N–H and O–H groups in total. The Hall–Kier alpha value is -3.70. The highest BCUT2D eigenvalue weighted by Gasteiger charge is 2.18. The van der Waals surface area contributed by atoms with Crippen molar-refractivity contribution in [2.45, 2.75) is 52.7 Å². The first-order valence-electron chi connectivity index (χ1n) is 9.91. The zero-order chi connectivity index (χ0) is 24.3. The minimum absolute atomic E-state index is 0.0577. The summed E-state index contributed by atoms with van der Waals surface area (Å²) in [5.41, 5.74) is 11.2. The van der Waals surface area contributed by atoms with Gasteiger partial charge < -0.3 is 30.4 Å². The van der Waals surface area contributed by atoms with Crippen molar-refractivity contribution in [3.8, 4) is 11.8 Å². The van der Waals surface area contributed by atoms with Crippen LogP contribution in [0, 0.1) is 0 Å². The van der Waals surface area contributed by atoms with E-state index in [4.69, 9.17) is 20.9 Å². The summed E-state index contributed by atoms with van der Waals surface area (Å²) in [4.78, 5) is 38.0. The Morgan fingerprint density at radius 3 is 1.44 bits per heavy atom. The fourth-order valence-electron chi connectivity index (χ4n) is 1.99. The number of nitrogens with zero attached hydrogens (tertiary/aromatic N) is 4. The lowest BCUT2D eigenvalue weighted by molar-refractivity contribution is 0.0581. The molecule has 2 rings (SSSR count). The molecule has 176 valence electrons. The van der Waals surface area contributed by atoms with Gasteiger partial charge in [-0.2, -0.15) is 9.97 Å². The molecular weight excluding hydrogens is 420 g/mol. The van der Waals surface area contributed by atoms with Gasteiger partial charge in [0.25, 0.3) is 0 Å². The van der Waals surface area contributed by atoms with E-state index in [2.05, 4.69) is 29.4 Å². The van der Waals surface area contributed by atoms with Crippen LogP contribution >= 0.6 is 0 Å². The molecule has 0 saturated heterocycles. The first-order chi connectivity index (χ1) is 15.2. The summed E-state index contributed by atoms with van der Waals surface area (Å²) in [6, 6.07) is 0. The van der Waals surface area contributed by atoms with Gasteiger partial charge in [-0.15, -0.1) is 0 Å². The highest BCUT2D eigenvalue weighted by atomic mass is 16.5. The minimum Gasteiger partial charge on any atom is -0.474 e. The smallest absolute Gasteiger partial charge is 0.344 e. The number of anilines is 2. The van der Waals surface area contributed by atoms with Crippen LogP contribution < -0.4 is 20.9 Å². The molecule has 0 radical (unpaired) electrons. The maximum atomic E-state index is 11.4. The summed E-state index contributed by atoms with van der Waals surface area (Å²) in [5, 5.41) is 0. The third-order valence-electron chi connectivity index (χ3n) is 4.13. The molecule has 0 aromatic carbocycles. The maximum absolute atomic E-state index is 11.4. The largest absolute Gasteiger partial charge is 0.474 e. The summed E-state index contributed by atoms with van der Waals surface area (Å²) in [6.07, 6.45) is 4.07. The molecule has 2 aromatic heterocycles. The average molecular weight is 450 g/mol. The van der Waals surface area contributed by atoms with Gasteiger partial charge in [0.05, 0.1) is 38.8 Å². The van der Waals surface area contributed by atoms with Crippen molar-refractivity contribution in [1.82, 2.24) is 19.9 Å². The van der Waals surface area contributed by atoms with Crippen LogP contribution in [0.5, 0.6) is 11.8 Å². The number of nitrogen functional groups attached to an aromatic ring is 2. The van der Waals surface area contributed by atoms with Crippen LogP contribution in [0.2, 0.25) is 0 Å². The molecule has 0 amide bonds. The average Bonchev–Trinajstić information content (AvgIpc) is 2.78. The number of aromatic nitrogens is 4. The third kappa shape index (κ3) is 7.85. The van der Waals surface area contributed by atoms with Crippen LogP contribution in [0.4, 0.5) is 11.9 Å². The topological polar surface area (TPSA) is 175 Å². The van der Waals surface area contributed by atoms with Crippen LogP contribution in [-0.4, -0.2) is 58.3 Å². The zero-order valence-electron chi connectivity index (χ0n) is 19.1. The Kier molecular flexibility index (Phi) is 10.6. The fraction of sp³-hybridized carbons (Fsp3) is 0.500. The Balaban J connectivity index is 0.000000320. The lowest BCUT2D eigenvalue weighted by Crippen LogP contribution is -2.16. The predicted molar refractivity (Wildman–Crippen MR) is 116 cm³/mol. The molecule has 0 fully saturated rings. The molecule has 0 bridgehead atoms. The van der Waals surface area contributed by atoms with Crippen molar-refractivity contribution < 1.29 is 28.5 Å². The van der Waals surface area contributed by atoms with Gasteiger partial charge in [-0.3, -0.25) is 0 Å². The van der Waals surface area contributed by atoms with E-state index in [9.17, 15) is 9.59 Å². The number of methoxy groups -OCH3 is 2. The van der Waals surface area contributed by atoms with Crippen LogP contribution in [0.25, 0.3) is 0 Å². The fourth-order valence-corrected chi connectivity index (χ4v) is 1.99. The van der Waals surface area contributed by atoms with Crippen molar-refractivity contribution >= 4 is 23.8 Å². The number of hydrogen-bond donors (Lipinski definition) is 2. The predicted octanol–water partition coefficient (Wildman–Crippen LogP) is 2.05. The van der Waals surface area contributed by atoms with Crippen LogP contribution in [0.1, 0.15) is 61.3 Å². The molecule has 0 aliphatic carbocycles. The Morgan fingerprint density at radius 2 is 1.16 bits per heavy atom. The van der Waals surface area contributed by atoms with Crippen molar-refractivity contribution in [2.75, 3.05) is 25.7 Å². The second-order valence-electron chi connectivity index (χ2n) is 6.55. The monoisotopic (exact) mass is 450 g/mol. The Bertz CT molecular complexity index is 837. The number of rotatable bonds is 8. The highest BCUT2D eigenvalue weighted by Crippen LogP contribution is 2.19. The molecule has 32 heavy (non-hydrogen) atoms. The van der Waals surface area contributed by atoms with Gasteiger partial charge in [-0.1, -0.05) is 13.8 Å². The second-order valence-corrected chi connectivity index (χ2v) is 6.55. The summed E-state index contributed by atoms with van der Waals surface area (Å²) in [7, 11) is 2.57. The van der Waals surface area contributed by atoms with Crippen LogP contribution in [0.15, 0.2) is 12.4 Å². The number of carbonyl (C=O) groups is 2. The molecule has 0 unspecified atom stereocenters. The zero-order valence-corrected chi connectivity index (χ0v) is 19.1.